The van der Waals surface area contributed by atoms with E-state index in [2.05, 4.69) is 31.0 Å². The molecule has 0 heterocycles. The number of hydrogen-bond acceptors (Lipinski definition) is 1. The fraction of sp³-hybridized carbons (Fsp3) is 0.556. The van der Waals surface area contributed by atoms with Crippen molar-refractivity contribution in [2.75, 3.05) is 13.1 Å². The Morgan fingerprint density at radius 2 is 2.20 bits per heavy atom. The molecule has 0 rings (SSSR count). The summed E-state index contributed by atoms with van der Waals surface area (Å²) in [5.41, 5.74) is 0. The Balaban J connectivity index is 2.94. The van der Waals surface area contributed by atoms with Crippen LogP contribution in [0.15, 0.2) is 24.8 Å². The van der Waals surface area contributed by atoms with E-state index in [1.165, 1.54) is 0 Å². The van der Waals surface area contributed by atoms with E-state index in [-0.39, 0.29) is 0 Å². The normalized spacial score (nSPS) is 10.5. The highest BCUT2D eigenvalue weighted by atomic mass is 14.8. The molecule has 0 bridgehead atoms. The summed E-state index contributed by atoms with van der Waals surface area (Å²) in [6, 6.07) is 0. The maximum Gasteiger partial charge on any atom is -0.00144 e. The Morgan fingerprint density at radius 1 is 1.40 bits per heavy atom. The van der Waals surface area contributed by atoms with E-state index in [1.54, 1.807) is 0 Å². The molecule has 1 nitrogen and oxygen atoms in total. The van der Waals surface area contributed by atoms with Crippen LogP contribution in [0.2, 0.25) is 0 Å². The predicted octanol–water partition coefficient (Wildman–Crippen LogP) is 2.12. The lowest BCUT2D eigenvalue weighted by Crippen LogP contribution is -2.12. The van der Waals surface area contributed by atoms with Gasteiger partial charge >= 0.3 is 0 Å². The first-order valence-electron chi connectivity index (χ1n) is 3.88. The SMILES string of the molecule is C=CC/C=C/CCNCC. The Labute approximate surface area is 63.8 Å². The third-order valence-electron chi connectivity index (χ3n) is 1.21. The van der Waals surface area contributed by atoms with Gasteiger partial charge in [-0.25, -0.2) is 0 Å². The van der Waals surface area contributed by atoms with Crippen molar-refractivity contribution < 1.29 is 0 Å². The number of rotatable bonds is 6. The second kappa shape index (κ2) is 8.44. The Kier molecular flexibility index (Phi) is 7.97. The van der Waals surface area contributed by atoms with E-state index in [0.717, 1.165) is 25.9 Å². The molecular weight excluding hydrogens is 122 g/mol. The standard InChI is InChI=1S/C9H17N/c1-3-5-6-7-8-9-10-4-2/h3,6-7,10H,1,4-5,8-9H2,2H3/b7-6+. The van der Waals surface area contributed by atoms with Gasteiger partial charge in [0.2, 0.25) is 0 Å². The summed E-state index contributed by atoms with van der Waals surface area (Å²) in [4.78, 5) is 0. The Bertz CT molecular complexity index is 94.9. The van der Waals surface area contributed by atoms with Crippen molar-refractivity contribution in [3.8, 4) is 0 Å². The molecule has 0 aromatic heterocycles. The van der Waals surface area contributed by atoms with E-state index in [9.17, 15) is 0 Å². The molecule has 0 aliphatic carbocycles. The molecule has 0 aromatic rings. The molecule has 0 radical (unpaired) electrons. The summed E-state index contributed by atoms with van der Waals surface area (Å²) in [6.07, 6.45) is 8.35. The van der Waals surface area contributed by atoms with Crippen LogP contribution < -0.4 is 5.32 Å². The van der Waals surface area contributed by atoms with Crippen molar-refractivity contribution in [3.63, 3.8) is 0 Å². The van der Waals surface area contributed by atoms with Gasteiger partial charge in [-0.2, -0.15) is 0 Å². The van der Waals surface area contributed by atoms with Gasteiger partial charge in [0, 0.05) is 0 Å². The first-order chi connectivity index (χ1) is 4.91. The van der Waals surface area contributed by atoms with Crippen LogP contribution in [0.25, 0.3) is 0 Å². The van der Waals surface area contributed by atoms with Gasteiger partial charge in [-0.3, -0.25) is 0 Å². The van der Waals surface area contributed by atoms with Gasteiger partial charge < -0.3 is 5.32 Å². The lowest BCUT2D eigenvalue weighted by molar-refractivity contribution is 0.726. The number of hydrogen-bond donors (Lipinski definition) is 1. The van der Waals surface area contributed by atoms with Crippen LogP contribution in [-0.4, -0.2) is 13.1 Å². The third-order valence-corrected chi connectivity index (χ3v) is 1.21. The Morgan fingerprint density at radius 3 is 2.80 bits per heavy atom. The molecular formula is C9H17N. The van der Waals surface area contributed by atoms with Gasteiger partial charge in [-0.15, -0.1) is 6.58 Å². The summed E-state index contributed by atoms with van der Waals surface area (Å²) >= 11 is 0. The molecule has 10 heavy (non-hydrogen) atoms. The van der Waals surface area contributed by atoms with Gasteiger partial charge in [-0.1, -0.05) is 25.2 Å². The first-order valence-corrected chi connectivity index (χ1v) is 3.88. The highest BCUT2D eigenvalue weighted by molar-refractivity contribution is 4.88. The van der Waals surface area contributed by atoms with Gasteiger partial charge in [0.05, 0.1) is 0 Å². The monoisotopic (exact) mass is 139 g/mol. The van der Waals surface area contributed by atoms with E-state index in [0.29, 0.717) is 0 Å². The summed E-state index contributed by atoms with van der Waals surface area (Å²) in [6.45, 7) is 7.90. The topological polar surface area (TPSA) is 12.0 Å². The molecule has 0 unspecified atom stereocenters. The number of nitrogens with one attached hydrogen (secondary N) is 1. The smallest absolute Gasteiger partial charge is 0.00144 e. The minimum Gasteiger partial charge on any atom is -0.317 e. The zero-order valence-corrected chi connectivity index (χ0v) is 6.77. The molecule has 0 aliphatic rings. The van der Waals surface area contributed by atoms with Crippen LogP contribution in [0, 0.1) is 0 Å². The van der Waals surface area contributed by atoms with E-state index >= 15 is 0 Å². The van der Waals surface area contributed by atoms with Crippen LogP contribution in [0.4, 0.5) is 0 Å². The maximum absolute atomic E-state index is 3.63. The second-order valence-corrected chi connectivity index (χ2v) is 2.14. The summed E-state index contributed by atoms with van der Waals surface area (Å²) in [5, 5.41) is 3.25. The average molecular weight is 139 g/mol. The highest BCUT2D eigenvalue weighted by Crippen LogP contribution is 1.85. The number of allylic oxidation sites excluding steroid dienone is 2. The molecule has 0 aliphatic heterocycles. The zero-order valence-electron chi connectivity index (χ0n) is 6.77. The lowest BCUT2D eigenvalue weighted by atomic mass is 10.3. The van der Waals surface area contributed by atoms with Crippen LogP contribution in [0.1, 0.15) is 19.8 Å². The molecule has 0 saturated carbocycles. The van der Waals surface area contributed by atoms with Crippen LogP contribution in [0.3, 0.4) is 0 Å². The van der Waals surface area contributed by atoms with E-state index < -0.39 is 0 Å². The van der Waals surface area contributed by atoms with Crippen molar-refractivity contribution in [1.82, 2.24) is 5.32 Å². The quantitative estimate of drug-likeness (QED) is 0.439. The van der Waals surface area contributed by atoms with Gasteiger partial charge in [0.15, 0.2) is 0 Å². The fourth-order valence-corrected chi connectivity index (χ4v) is 0.672. The summed E-state index contributed by atoms with van der Waals surface area (Å²) in [7, 11) is 0. The van der Waals surface area contributed by atoms with Gasteiger partial charge in [-0.05, 0) is 25.9 Å². The minimum absolute atomic E-state index is 0.992. The van der Waals surface area contributed by atoms with E-state index in [4.69, 9.17) is 0 Å². The lowest BCUT2D eigenvalue weighted by Gasteiger charge is -1.94. The van der Waals surface area contributed by atoms with Gasteiger partial charge in [0.1, 0.15) is 0 Å². The molecule has 0 saturated heterocycles. The largest absolute Gasteiger partial charge is 0.317 e. The van der Waals surface area contributed by atoms with Crippen LogP contribution >= 0.6 is 0 Å². The van der Waals surface area contributed by atoms with Crippen LogP contribution in [0.5, 0.6) is 0 Å². The highest BCUT2D eigenvalue weighted by Gasteiger charge is 1.77. The summed E-state index contributed by atoms with van der Waals surface area (Å²) in [5.74, 6) is 0. The fourth-order valence-electron chi connectivity index (χ4n) is 0.672. The molecule has 0 atom stereocenters. The molecule has 0 aromatic carbocycles. The van der Waals surface area contributed by atoms with Crippen LogP contribution in [-0.2, 0) is 0 Å². The molecule has 0 amide bonds. The van der Waals surface area contributed by atoms with Crippen molar-refractivity contribution in [2.45, 2.75) is 19.8 Å². The molecule has 58 valence electrons. The van der Waals surface area contributed by atoms with Gasteiger partial charge in [0.25, 0.3) is 0 Å². The van der Waals surface area contributed by atoms with E-state index in [1.807, 2.05) is 6.08 Å². The van der Waals surface area contributed by atoms with Crippen molar-refractivity contribution >= 4 is 0 Å². The molecule has 1 N–H and O–H groups in total. The molecule has 0 spiro atoms. The summed E-state index contributed by atoms with van der Waals surface area (Å²) < 4.78 is 0. The van der Waals surface area contributed by atoms with Crippen molar-refractivity contribution in [2.24, 2.45) is 0 Å². The average Bonchev–Trinajstić information content (AvgIpc) is 1.97. The zero-order chi connectivity index (χ0) is 7.66. The first kappa shape index (κ1) is 9.44. The second-order valence-electron chi connectivity index (χ2n) is 2.14. The van der Waals surface area contributed by atoms with Crippen molar-refractivity contribution in [3.05, 3.63) is 24.8 Å². The minimum atomic E-state index is 0.992. The Hall–Kier alpha value is -0.560. The molecule has 1 heteroatoms. The maximum atomic E-state index is 3.63. The third kappa shape index (κ3) is 7.44. The van der Waals surface area contributed by atoms with Crippen molar-refractivity contribution in [1.29, 1.82) is 0 Å². The molecule has 0 fully saturated rings. The predicted molar refractivity (Wildman–Crippen MR) is 47.1 cm³/mol.